The van der Waals surface area contributed by atoms with Crippen molar-refractivity contribution < 1.29 is 28.6 Å². The van der Waals surface area contributed by atoms with E-state index < -0.39 is 6.10 Å². The largest absolute Gasteiger partial charge is 0.462 e. The Balaban J connectivity index is 4.35. The van der Waals surface area contributed by atoms with Crippen molar-refractivity contribution in [2.75, 3.05) is 13.2 Å². The van der Waals surface area contributed by atoms with E-state index in [4.69, 9.17) is 14.2 Å². The number of allylic oxidation sites excluding steroid dienone is 22. The van der Waals surface area contributed by atoms with Crippen molar-refractivity contribution in [3.05, 3.63) is 134 Å². The summed E-state index contributed by atoms with van der Waals surface area (Å²) in [5.74, 6) is -0.946. The molecule has 0 bridgehead atoms. The van der Waals surface area contributed by atoms with E-state index in [-0.39, 0.29) is 31.1 Å². The minimum Gasteiger partial charge on any atom is -0.462 e. The first-order chi connectivity index (χ1) is 35.5. The third-order valence-corrected chi connectivity index (χ3v) is 11.9. The van der Waals surface area contributed by atoms with E-state index in [1.165, 1.54) is 64.2 Å². The number of rotatable bonds is 51. The van der Waals surface area contributed by atoms with Crippen molar-refractivity contribution in [1.82, 2.24) is 0 Å². The fraction of sp³-hybridized carbons (Fsp3) is 0.621. The predicted octanol–water partition coefficient (Wildman–Crippen LogP) is 19.8. The molecule has 0 aromatic rings. The van der Waals surface area contributed by atoms with Crippen LogP contribution in [0.25, 0.3) is 0 Å². The number of carbonyl (C=O) groups excluding carboxylic acids is 3. The van der Waals surface area contributed by atoms with Crippen molar-refractivity contribution in [3.8, 4) is 0 Å². The van der Waals surface area contributed by atoms with Gasteiger partial charge in [-0.25, -0.2) is 0 Å². The molecule has 1 unspecified atom stereocenters. The summed E-state index contributed by atoms with van der Waals surface area (Å²) >= 11 is 0. The van der Waals surface area contributed by atoms with Gasteiger partial charge in [-0.2, -0.15) is 0 Å². The maximum Gasteiger partial charge on any atom is 0.306 e. The zero-order valence-electron chi connectivity index (χ0n) is 46.4. The number of unbranched alkanes of at least 4 members (excludes halogenated alkanes) is 18. The lowest BCUT2D eigenvalue weighted by atomic mass is 10.1. The molecule has 0 aliphatic carbocycles. The molecule has 0 aliphatic rings. The second-order valence-corrected chi connectivity index (χ2v) is 18.8. The first-order valence-electron chi connectivity index (χ1n) is 29.2. The van der Waals surface area contributed by atoms with Gasteiger partial charge in [0.25, 0.3) is 0 Å². The van der Waals surface area contributed by atoms with Crippen LogP contribution in [-0.4, -0.2) is 37.2 Å². The number of hydrogen-bond acceptors (Lipinski definition) is 6. The zero-order chi connectivity index (χ0) is 52.2. The quantitative estimate of drug-likeness (QED) is 0.0261. The smallest absolute Gasteiger partial charge is 0.306 e. The molecule has 0 radical (unpaired) electrons. The van der Waals surface area contributed by atoms with Gasteiger partial charge in [0, 0.05) is 19.3 Å². The highest BCUT2D eigenvalue weighted by atomic mass is 16.6. The molecule has 0 spiro atoms. The molecule has 1 atom stereocenters. The Labute approximate surface area is 443 Å². The maximum absolute atomic E-state index is 12.8. The molecular weight excluding hydrogens is 889 g/mol. The Hall–Kier alpha value is -4.45. The van der Waals surface area contributed by atoms with Crippen LogP contribution in [0.5, 0.6) is 0 Å². The summed E-state index contributed by atoms with van der Waals surface area (Å²) in [5.41, 5.74) is 0. The molecule has 0 aliphatic heterocycles. The molecule has 0 aromatic heterocycles. The maximum atomic E-state index is 12.8. The monoisotopic (exact) mass is 995 g/mol. The van der Waals surface area contributed by atoms with E-state index in [9.17, 15) is 14.4 Å². The van der Waals surface area contributed by atoms with Crippen LogP contribution < -0.4 is 0 Å². The van der Waals surface area contributed by atoms with Gasteiger partial charge >= 0.3 is 17.9 Å². The number of carbonyl (C=O) groups is 3. The average molecular weight is 996 g/mol. The summed E-state index contributed by atoms with van der Waals surface area (Å²) < 4.78 is 16.8. The highest BCUT2D eigenvalue weighted by Crippen LogP contribution is 2.14. The van der Waals surface area contributed by atoms with E-state index in [1.54, 1.807) is 0 Å². The van der Waals surface area contributed by atoms with Gasteiger partial charge in [-0.15, -0.1) is 0 Å². The van der Waals surface area contributed by atoms with Crippen LogP contribution >= 0.6 is 0 Å². The van der Waals surface area contributed by atoms with Gasteiger partial charge in [0.05, 0.1) is 0 Å². The van der Waals surface area contributed by atoms with Gasteiger partial charge < -0.3 is 14.2 Å². The van der Waals surface area contributed by atoms with E-state index in [1.807, 2.05) is 0 Å². The van der Waals surface area contributed by atoms with Gasteiger partial charge in [-0.05, 0) is 116 Å². The van der Waals surface area contributed by atoms with Gasteiger partial charge in [-0.3, -0.25) is 14.4 Å². The summed E-state index contributed by atoms with van der Waals surface area (Å²) in [5, 5.41) is 0. The van der Waals surface area contributed by atoms with E-state index in [0.717, 1.165) is 141 Å². The second kappa shape index (κ2) is 59.1. The molecule has 6 nitrogen and oxygen atoms in total. The van der Waals surface area contributed by atoms with Gasteiger partial charge in [0.2, 0.25) is 0 Å². The summed E-state index contributed by atoms with van der Waals surface area (Å²) in [6, 6.07) is 0. The topological polar surface area (TPSA) is 78.9 Å². The van der Waals surface area contributed by atoms with Crippen LogP contribution in [0.2, 0.25) is 0 Å². The fourth-order valence-electron chi connectivity index (χ4n) is 7.59. The SMILES string of the molecule is CC/C=C\C/C=C\C/C=C\C/C=C\C/C=C\C/C=C\C/C=C\CCCCCC(=O)OCC(COC(=O)CCCCCCCCCC)OC(=O)CCCCCCCCCC/C=C\C/C=C\C/C=C\C/C=C\CC. The highest BCUT2D eigenvalue weighted by Gasteiger charge is 2.19. The Morgan fingerprint density at radius 1 is 0.292 bits per heavy atom. The van der Waals surface area contributed by atoms with Gasteiger partial charge in [0.15, 0.2) is 6.10 Å². The molecule has 0 aromatic carbocycles. The van der Waals surface area contributed by atoms with Gasteiger partial charge in [-0.1, -0.05) is 244 Å². The number of ether oxygens (including phenoxy) is 3. The molecule has 72 heavy (non-hydrogen) atoms. The van der Waals surface area contributed by atoms with Crippen LogP contribution in [0.1, 0.15) is 245 Å². The standard InChI is InChI=1S/C66H106O6/c1-4-7-10-13-16-19-21-23-25-27-29-31-32-33-34-36-37-39-41-43-45-47-50-53-56-59-65(68)71-62-63(61-70-64(67)58-55-52-49-18-15-12-9-6-3)72-66(69)60-57-54-51-48-46-44-42-40-38-35-30-28-26-24-22-20-17-14-11-8-5-2/h7-8,10-11,16-17,19-20,23-26,29-31,33-35,37,39,43,45,63H,4-6,9,12-15,18,21-22,27-28,32,36,38,40-42,44,46-62H2,1-3H3/b10-7-,11-8-,19-16-,20-17-,25-23-,26-24-,31-29-,34-33-,35-30-,39-37-,45-43-. The second-order valence-electron chi connectivity index (χ2n) is 18.8. The first kappa shape index (κ1) is 67.5. The molecule has 0 heterocycles. The molecule has 406 valence electrons. The minimum absolute atomic E-state index is 0.0952. The summed E-state index contributed by atoms with van der Waals surface area (Å²) in [7, 11) is 0. The predicted molar refractivity (Wildman–Crippen MR) is 311 cm³/mol. The number of esters is 3. The van der Waals surface area contributed by atoms with Crippen molar-refractivity contribution >= 4 is 17.9 Å². The number of hydrogen-bond donors (Lipinski definition) is 0. The van der Waals surface area contributed by atoms with Crippen LogP contribution in [0.3, 0.4) is 0 Å². The fourth-order valence-corrected chi connectivity index (χ4v) is 7.59. The third kappa shape index (κ3) is 56.5. The Kier molecular flexibility index (Phi) is 55.5. The van der Waals surface area contributed by atoms with Crippen LogP contribution in [-0.2, 0) is 28.6 Å². The van der Waals surface area contributed by atoms with Crippen molar-refractivity contribution in [2.45, 2.75) is 252 Å². The Morgan fingerprint density at radius 2 is 0.542 bits per heavy atom. The lowest BCUT2D eigenvalue weighted by Crippen LogP contribution is -2.30. The van der Waals surface area contributed by atoms with Crippen LogP contribution in [0.4, 0.5) is 0 Å². The van der Waals surface area contributed by atoms with Crippen LogP contribution in [0.15, 0.2) is 134 Å². The van der Waals surface area contributed by atoms with E-state index >= 15 is 0 Å². The average Bonchev–Trinajstić information content (AvgIpc) is 3.38. The van der Waals surface area contributed by atoms with Crippen molar-refractivity contribution in [3.63, 3.8) is 0 Å². The lowest BCUT2D eigenvalue weighted by Gasteiger charge is -2.18. The zero-order valence-corrected chi connectivity index (χ0v) is 46.4. The molecular formula is C66H106O6. The van der Waals surface area contributed by atoms with Crippen molar-refractivity contribution in [1.29, 1.82) is 0 Å². The van der Waals surface area contributed by atoms with Crippen LogP contribution in [0, 0.1) is 0 Å². The van der Waals surface area contributed by atoms with Crippen molar-refractivity contribution in [2.24, 2.45) is 0 Å². The summed E-state index contributed by atoms with van der Waals surface area (Å²) in [6.07, 6.45) is 83.1. The Bertz CT molecular complexity index is 1560. The molecule has 0 fully saturated rings. The van der Waals surface area contributed by atoms with E-state index in [2.05, 4.69) is 154 Å². The molecule has 0 N–H and O–H groups in total. The minimum atomic E-state index is -0.799. The Morgan fingerprint density at radius 3 is 0.861 bits per heavy atom. The summed E-state index contributed by atoms with van der Waals surface area (Å²) in [4.78, 5) is 38.0. The molecule has 6 heteroatoms. The molecule has 0 saturated carbocycles. The highest BCUT2D eigenvalue weighted by molar-refractivity contribution is 5.71. The molecule has 0 saturated heterocycles. The first-order valence-corrected chi connectivity index (χ1v) is 29.2. The molecule has 0 rings (SSSR count). The molecule has 0 amide bonds. The van der Waals surface area contributed by atoms with Gasteiger partial charge in [0.1, 0.15) is 13.2 Å². The normalized spacial score (nSPS) is 13.1. The lowest BCUT2D eigenvalue weighted by molar-refractivity contribution is -0.167. The summed E-state index contributed by atoms with van der Waals surface area (Å²) in [6.45, 7) is 6.34. The van der Waals surface area contributed by atoms with E-state index in [0.29, 0.717) is 19.3 Å². The third-order valence-electron chi connectivity index (χ3n) is 11.9.